The number of nitrogens with one attached hydrogen (secondary N) is 1. The standard InChI is InChI=1S/C25H30N4O4S2/c1-4-29-20(14-16-10-12-17(32-2)13-11-16)27-28-25(29)34-15-21(30)26-23-22(24(31)33-3)18-8-6-5-7-9-19(18)35-23/h10-13H,4-9,14-15H2,1-3H3,(H,26,30). The van der Waals surface area contributed by atoms with Gasteiger partial charge in [-0.15, -0.1) is 21.5 Å². The topological polar surface area (TPSA) is 95.3 Å². The minimum Gasteiger partial charge on any atom is -0.497 e. The lowest BCUT2D eigenvalue weighted by Gasteiger charge is -2.09. The Hall–Kier alpha value is -2.85. The molecule has 1 aromatic carbocycles. The summed E-state index contributed by atoms with van der Waals surface area (Å²) in [6.07, 6.45) is 5.72. The Balaban J connectivity index is 1.43. The molecule has 0 unspecified atom stereocenters. The van der Waals surface area contributed by atoms with Gasteiger partial charge in [-0.3, -0.25) is 4.79 Å². The normalized spacial score (nSPS) is 13.1. The number of fused-ring (bicyclic) bond motifs is 1. The first-order valence-electron chi connectivity index (χ1n) is 11.7. The van der Waals surface area contributed by atoms with Crippen LogP contribution >= 0.6 is 23.1 Å². The molecule has 1 aliphatic rings. The summed E-state index contributed by atoms with van der Waals surface area (Å²) in [4.78, 5) is 26.5. The molecule has 1 amide bonds. The van der Waals surface area contributed by atoms with Gasteiger partial charge in [-0.05, 0) is 55.9 Å². The van der Waals surface area contributed by atoms with Gasteiger partial charge in [-0.2, -0.15) is 0 Å². The minimum absolute atomic E-state index is 0.170. The van der Waals surface area contributed by atoms with E-state index >= 15 is 0 Å². The van der Waals surface area contributed by atoms with Gasteiger partial charge in [-0.1, -0.05) is 30.3 Å². The first-order valence-corrected chi connectivity index (χ1v) is 13.5. The monoisotopic (exact) mass is 514 g/mol. The molecule has 0 saturated heterocycles. The molecule has 1 aliphatic carbocycles. The van der Waals surface area contributed by atoms with Crippen LogP contribution in [0.5, 0.6) is 5.75 Å². The summed E-state index contributed by atoms with van der Waals surface area (Å²) in [5.74, 6) is 1.25. The molecular formula is C25H30N4O4S2. The van der Waals surface area contributed by atoms with Crippen molar-refractivity contribution in [2.24, 2.45) is 0 Å². The number of amides is 1. The van der Waals surface area contributed by atoms with E-state index in [4.69, 9.17) is 9.47 Å². The first kappa shape index (κ1) is 25.2. The lowest BCUT2D eigenvalue weighted by Crippen LogP contribution is -2.17. The number of carbonyl (C=O) groups is 2. The Morgan fingerprint density at radius 2 is 1.89 bits per heavy atom. The third kappa shape index (κ3) is 5.87. The van der Waals surface area contributed by atoms with Crippen LogP contribution < -0.4 is 10.1 Å². The number of ether oxygens (including phenoxy) is 2. The lowest BCUT2D eigenvalue weighted by molar-refractivity contribution is -0.113. The van der Waals surface area contributed by atoms with Crippen LogP contribution in [0.2, 0.25) is 0 Å². The average Bonchev–Trinajstić information content (AvgIpc) is 3.33. The van der Waals surface area contributed by atoms with Gasteiger partial charge < -0.3 is 19.4 Å². The van der Waals surface area contributed by atoms with E-state index in [1.807, 2.05) is 35.8 Å². The van der Waals surface area contributed by atoms with Crippen LogP contribution in [0.15, 0.2) is 29.4 Å². The van der Waals surface area contributed by atoms with Gasteiger partial charge in [0.1, 0.15) is 16.6 Å². The highest BCUT2D eigenvalue weighted by molar-refractivity contribution is 7.99. The fourth-order valence-corrected chi connectivity index (χ4v) is 6.36. The van der Waals surface area contributed by atoms with Crippen molar-refractivity contribution in [1.82, 2.24) is 14.8 Å². The summed E-state index contributed by atoms with van der Waals surface area (Å²) in [6.45, 7) is 2.74. The molecule has 35 heavy (non-hydrogen) atoms. The van der Waals surface area contributed by atoms with Gasteiger partial charge in [0, 0.05) is 17.8 Å². The van der Waals surface area contributed by atoms with Crippen molar-refractivity contribution in [1.29, 1.82) is 0 Å². The molecule has 1 N–H and O–H groups in total. The number of hydrogen-bond donors (Lipinski definition) is 1. The van der Waals surface area contributed by atoms with Crippen molar-refractivity contribution in [3.63, 3.8) is 0 Å². The van der Waals surface area contributed by atoms with Crippen LogP contribution in [-0.2, 0) is 35.3 Å². The maximum absolute atomic E-state index is 12.8. The molecule has 8 nitrogen and oxygen atoms in total. The second-order valence-electron chi connectivity index (χ2n) is 8.26. The van der Waals surface area contributed by atoms with E-state index in [0.717, 1.165) is 54.8 Å². The fourth-order valence-electron chi connectivity index (χ4n) is 4.24. The zero-order chi connectivity index (χ0) is 24.8. The fraction of sp³-hybridized carbons (Fsp3) is 0.440. The number of nitrogens with zero attached hydrogens (tertiary/aromatic N) is 3. The van der Waals surface area contributed by atoms with Gasteiger partial charge >= 0.3 is 5.97 Å². The summed E-state index contributed by atoms with van der Waals surface area (Å²) < 4.78 is 12.3. The number of hydrogen-bond acceptors (Lipinski definition) is 8. The van der Waals surface area contributed by atoms with Gasteiger partial charge in [0.15, 0.2) is 5.16 Å². The number of benzene rings is 1. The summed E-state index contributed by atoms with van der Waals surface area (Å²) in [6, 6.07) is 7.87. The van der Waals surface area contributed by atoms with Gasteiger partial charge in [0.2, 0.25) is 5.91 Å². The lowest BCUT2D eigenvalue weighted by atomic mass is 10.1. The molecule has 2 heterocycles. The molecule has 4 rings (SSSR count). The summed E-state index contributed by atoms with van der Waals surface area (Å²) in [5.41, 5.74) is 2.66. The average molecular weight is 515 g/mol. The Kier molecular flexibility index (Phi) is 8.46. The molecule has 10 heteroatoms. The van der Waals surface area contributed by atoms with E-state index in [1.165, 1.54) is 35.1 Å². The Morgan fingerprint density at radius 1 is 1.11 bits per heavy atom. The first-order chi connectivity index (χ1) is 17.0. The van der Waals surface area contributed by atoms with Crippen LogP contribution in [-0.4, -0.2) is 46.6 Å². The van der Waals surface area contributed by atoms with Gasteiger partial charge in [0.05, 0.1) is 25.5 Å². The molecule has 0 fully saturated rings. The van der Waals surface area contributed by atoms with Crippen molar-refractivity contribution in [2.45, 2.75) is 57.1 Å². The van der Waals surface area contributed by atoms with E-state index in [9.17, 15) is 9.59 Å². The van der Waals surface area contributed by atoms with E-state index in [0.29, 0.717) is 28.7 Å². The second-order valence-corrected chi connectivity index (χ2v) is 10.3. The van der Waals surface area contributed by atoms with Crippen LogP contribution in [0.4, 0.5) is 5.00 Å². The smallest absolute Gasteiger partial charge is 0.341 e. The molecule has 0 spiro atoms. The molecule has 0 bridgehead atoms. The highest BCUT2D eigenvalue weighted by Gasteiger charge is 2.26. The number of aryl methyl sites for hydroxylation is 1. The zero-order valence-electron chi connectivity index (χ0n) is 20.3. The van der Waals surface area contributed by atoms with Crippen molar-refractivity contribution < 1.29 is 19.1 Å². The number of thiophene rings is 1. The maximum atomic E-state index is 12.8. The van der Waals surface area contributed by atoms with Gasteiger partial charge in [0.25, 0.3) is 0 Å². The predicted octanol–water partition coefficient (Wildman–Crippen LogP) is 4.75. The van der Waals surface area contributed by atoms with Gasteiger partial charge in [-0.25, -0.2) is 4.79 Å². The second kappa shape index (κ2) is 11.7. The minimum atomic E-state index is -0.388. The molecular weight excluding hydrogens is 484 g/mol. The number of methoxy groups -OCH3 is 2. The molecule has 0 aliphatic heterocycles. The predicted molar refractivity (Wildman–Crippen MR) is 138 cm³/mol. The van der Waals surface area contributed by atoms with E-state index in [1.54, 1.807) is 7.11 Å². The number of rotatable bonds is 9. The van der Waals surface area contributed by atoms with Crippen LogP contribution in [0.1, 0.15) is 58.4 Å². The number of esters is 1. The van der Waals surface area contributed by atoms with Crippen LogP contribution in [0, 0.1) is 0 Å². The third-order valence-electron chi connectivity index (χ3n) is 6.03. The number of carbonyl (C=O) groups excluding carboxylic acids is 2. The number of aromatic nitrogens is 3. The molecule has 186 valence electrons. The van der Waals surface area contributed by atoms with E-state index in [2.05, 4.69) is 15.5 Å². The summed E-state index contributed by atoms with van der Waals surface area (Å²) >= 11 is 2.84. The zero-order valence-corrected chi connectivity index (χ0v) is 21.9. The molecule has 0 radical (unpaired) electrons. The van der Waals surface area contributed by atoms with Crippen molar-refractivity contribution >= 4 is 40.0 Å². The molecule has 2 aromatic heterocycles. The number of anilines is 1. The molecule has 0 saturated carbocycles. The van der Waals surface area contributed by atoms with Crippen molar-refractivity contribution in [3.8, 4) is 5.75 Å². The van der Waals surface area contributed by atoms with Crippen LogP contribution in [0.25, 0.3) is 0 Å². The Labute approximate surface area is 213 Å². The van der Waals surface area contributed by atoms with Crippen LogP contribution in [0.3, 0.4) is 0 Å². The quantitative estimate of drug-likeness (QED) is 0.250. The highest BCUT2D eigenvalue weighted by Crippen LogP contribution is 2.38. The molecule has 0 atom stereocenters. The van der Waals surface area contributed by atoms with E-state index in [-0.39, 0.29) is 17.6 Å². The van der Waals surface area contributed by atoms with E-state index < -0.39 is 0 Å². The van der Waals surface area contributed by atoms with Crippen molar-refractivity contribution in [2.75, 3.05) is 25.3 Å². The van der Waals surface area contributed by atoms with Crippen molar-refractivity contribution in [3.05, 3.63) is 51.7 Å². The summed E-state index contributed by atoms with van der Waals surface area (Å²) in [7, 11) is 3.03. The SMILES string of the molecule is CCn1c(Cc2ccc(OC)cc2)nnc1SCC(=O)Nc1sc2c(c1C(=O)OC)CCCCC2. The Bertz CT molecular complexity index is 1190. The highest BCUT2D eigenvalue weighted by atomic mass is 32.2. The molecule has 3 aromatic rings. The summed E-state index contributed by atoms with van der Waals surface area (Å²) in [5, 5.41) is 12.9. The maximum Gasteiger partial charge on any atom is 0.341 e. The third-order valence-corrected chi connectivity index (χ3v) is 8.20. The number of thioether (sulfide) groups is 1. The Morgan fingerprint density at radius 3 is 2.60 bits per heavy atom. The largest absolute Gasteiger partial charge is 0.497 e.